The van der Waals surface area contributed by atoms with Crippen LogP contribution in [0, 0.1) is 5.41 Å². The summed E-state index contributed by atoms with van der Waals surface area (Å²) in [7, 11) is 3.20. The van der Waals surface area contributed by atoms with Gasteiger partial charge in [0.2, 0.25) is 11.8 Å². The van der Waals surface area contributed by atoms with E-state index in [0.717, 1.165) is 51.0 Å². The van der Waals surface area contributed by atoms with E-state index in [1.807, 2.05) is 34.9 Å². The molecule has 6 nitrogen and oxygen atoms in total. The third kappa shape index (κ3) is 4.04. The molecule has 1 aromatic carbocycles. The van der Waals surface area contributed by atoms with Crippen molar-refractivity contribution in [1.29, 1.82) is 0 Å². The molecule has 0 bridgehead atoms. The number of hydrogen-bond donors (Lipinski definition) is 0. The molecule has 6 heteroatoms. The fourth-order valence-corrected chi connectivity index (χ4v) is 4.51. The first-order valence-corrected chi connectivity index (χ1v) is 9.77. The normalized spacial score (nSPS) is 22.9. The number of ether oxygens (including phenoxy) is 2. The van der Waals surface area contributed by atoms with E-state index in [4.69, 9.17) is 9.47 Å². The molecule has 1 atom stereocenters. The highest BCUT2D eigenvalue weighted by Crippen LogP contribution is 2.39. The Hall–Kier alpha value is -2.24. The van der Waals surface area contributed by atoms with E-state index < -0.39 is 0 Å². The van der Waals surface area contributed by atoms with Gasteiger partial charge >= 0.3 is 0 Å². The van der Waals surface area contributed by atoms with Gasteiger partial charge in [-0.1, -0.05) is 12.1 Å². The molecule has 2 saturated heterocycles. The molecule has 0 aromatic heterocycles. The molecule has 0 N–H and O–H groups in total. The standard InChI is InChI=1S/C21H30N2O4/c1-4-22-14-21(11-9-18(22)24)10-6-12-23(15-21)19(25)13-16-7-5-8-17(26-2)20(16)27-3/h5,7-8H,4,6,9-15H2,1-3H3. The van der Waals surface area contributed by atoms with Crippen LogP contribution < -0.4 is 9.47 Å². The first kappa shape index (κ1) is 19.5. The average Bonchev–Trinajstić information content (AvgIpc) is 2.69. The quantitative estimate of drug-likeness (QED) is 0.795. The van der Waals surface area contributed by atoms with E-state index in [2.05, 4.69) is 0 Å². The highest BCUT2D eigenvalue weighted by atomic mass is 16.5. The summed E-state index contributed by atoms with van der Waals surface area (Å²) in [6.45, 7) is 5.07. The van der Waals surface area contributed by atoms with E-state index in [0.29, 0.717) is 24.3 Å². The van der Waals surface area contributed by atoms with E-state index in [1.165, 1.54) is 0 Å². The van der Waals surface area contributed by atoms with Crippen LogP contribution in [-0.4, -0.2) is 62.0 Å². The zero-order chi connectivity index (χ0) is 19.4. The topological polar surface area (TPSA) is 59.1 Å². The highest BCUT2D eigenvalue weighted by Gasteiger charge is 2.42. The Labute approximate surface area is 161 Å². The fourth-order valence-electron chi connectivity index (χ4n) is 4.51. The lowest BCUT2D eigenvalue weighted by atomic mass is 9.73. The van der Waals surface area contributed by atoms with Gasteiger partial charge in [0.1, 0.15) is 0 Å². The van der Waals surface area contributed by atoms with Crippen LogP contribution in [0.1, 0.15) is 38.2 Å². The number of hydrogen-bond acceptors (Lipinski definition) is 4. The van der Waals surface area contributed by atoms with Gasteiger partial charge in [0, 0.05) is 43.6 Å². The second kappa shape index (κ2) is 8.19. The third-order valence-electron chi connectivity index (χ3n) is 5.97. The lowest BCUT2D eigenvalue weighted by Gasteiger charge is -2.48. The molecule has 2 aliphatic heterocycles. The number of para-hydroxylation sites is 1. The van der Waals surface area contributed by atoms with Crippen LogP contribution in [0.25, 0.3) is 0 Å². The number of rotatable bonds is 5. The molecule has 2 heterocycles. The summed E-state index contributed by atoms with van der Waals surface area (Å²) in [6.07, 6.45) is 3.86. The van der Waals surface area contributed by atoms with Crippen molar-refractivity contribution in [1.82, 2.24) is 9.80 Å². The molecule has 1 spiro atoms. The van der Waals surface area contributed by atoms with Crippen LogP contribution in [0.15, 0.2) is 18.2 Å². The smallest absolute Gasteiger partial charge is 0.227 e. The van der Waals surface area contributed by atoms with Crippen molar-refractivity contribution < 1.29 is 19.1 Å². The number of nitrogens with zero attached hydrogens (tertiary/aromatic N) is 2. The Morgan fingerprint density at radius 1 is 1.19 bits per heavy atom. The van der Waals surface area contributed by atoms with Crippen LogP contribution in [0.5, 0.6) is 11.5 Å². The maximum atomic E-state index is 13.0. The van der Waals surface area contributed by atoms with Crippen molar-refractivity contribution in [2.75, 3.05) is 40.4 Å². The molecule has 2 amide bonds. The number of piperidine rings is 2. The lowest BCUT2D eigenvalue weighted by Crippen LogP contribution is -2.55. The monoisotopic (exact) mass is 374 g/mol. The molecular weight excluding hydrogens is 344 g/mol. The Kier molecular flexibility index (Phi) is 5.92. The lowest BCUT2D eigenvalue weighted by molar-refractivity contribution is -0.142. The van der Waals surface area contributed by atoms with Crippen molar-refractivity contribution >= 4 is 11.8 Å². The van der Waals surface area contributed by atoms with Gasteiger partial charge in [-0.25, -0.2) is 0 Å². The van der Waals surface area contributed by atoms with Crippen molar-refractivity contribution in [3.05, 3.63) is 23.8 Å². The Bertz CT molecular complexity index is 705. The molecule has 148 valence electrons. The second-order valence-electron chi connectivity index (χ2n) is 7.66. The zero-order valence-corrected chi connectivity index (χ0v) is 16.6. The van der Waals surface area contributed by atoms with Gasteiger partial charge in [0.15, 0.2) is 11.5 Å². The number of benzene rings is 1. The van der Waals surface area contributed by atoms with E-state index in [1.54, 1.807) is 14.2 Å². The Morgan fingerprint density at radius 3 is 2.70 bits per heavy atom. The van der Waals surface area contributed by atoms with Gasteiger partial charge in [-0.15, -0.1) is 0 Å². The average molecular weight is 374 g/mol. The van der Waals surface area contributed by atoms with Crippen molar-refractivity contribution in [2.45, 2.75) is 39.0 Å². The summed E-state index contributed by atoms with van der Waals surface area (Å²) in [4.78, 5) is 29.0. The van der Waals surface area contributed by atoms with Crippen LogP contribution in [0.2, 0.25) is 0 Å². The van der Waals surface area contributed by atoms with Gasteiger partial charge in [-0.3, -0.25) is 9.59 Å². The van der Waals surface area contributed by atoms with Crippen LogP contribution in [0.4, 0.5) is 0 Å². The second-order valence-corrected chi connectivity index (χ2v) is 7.66. The van der Waals surface area contributed by atoms with Gasteiger partial charge in [0.25, 0.3) is 0 Å². The maximum absolute atomic E-state index is 13.0. The van der Waals surface area contributed by atoms with Crippen molar-refractivity contribution in [2.24, 2.45) is 5.41 Å². The summed E-state index contributed by atoms with van der Waals surface area (Å²) in [5.41, 5.74) is 0.895. The SMILES string of the molecule is CCN1CC2(CCCN(C(=O)Cc3cccc(OC)c3OC)C2)CCC1=O. The first-order chi connectivity index (χ1) is 13.0. The summed E-state index contributed by atoms with van der Waals surface area (Å²) >= 11 is 0. The number of carbonyl (C=O) groups excluding carboxylic acids is 2. The van der Waals surface area contributed by atoms with Gasteiger partial charge in [-0.2, -0.15) is 0 Å². The summed E-state index contributed by atoms with van der Waals surface area (Å²) < 4.78 is 10.8. The first-order valence-electron chi connectivity index (χ1n) is 9.77. The van der Waals surface area contributed by atoms with E-state index in [9.17, 15) is 9.59 Å². The molecule has 3 rings (SSSR count). The van der Waals surface area contributed by atoms with Crippen molar-refractivity contribution in [3.8, 4) is 11.5 Å². The molecule has 2 aliphatic rings. The molecule has 27 heavy (non-hydrogen) atoms. The molecule has 1 unspecified atom stereocenters. The van der Waals surface area contributed by atoms with Gasteiger partial charge < -0.3 is 19.3 Å². The van der Waals surface area contributed by atoms with E-state index >= 15 is 0 Å². The van der Waals surface area contributed by atoms with Crippen LogP contribution in [0.3, 0.4) is 0 Å². The van der Waals surface area contributed by atoms with Gasteiger partial charge in [0.05, 0.1) is 20.6 Å². The molecule has 0 radical (unpaired) electrons. The molecule has 0 saturated carbocycles. The summed E-state index contributed by atoms with van der Waals surface area (Å²) in [5.74, 6) is 1.62. The predicted octanol–water partition coefficient (Wildman–Crippen LogP) is 2.50. The number of likely N-dealkylation sites (tertiary alicyclic amines) is 2. The molecular formula is C21H30N2O4. The minimum Gasteiger partial charge on any atom is -0.493 e. The largest absolute Gasteiger partial charge is 0.493 e. The van der Waals surface area contributed by atoms with Crippen molar-refractivity contribution in [3.63, 3.8) is 0 Å². The van der Waals surface area contributed by atoms with Crippen LogP contribution >= 0.6 is 0 Å². The Morgan fingerprint density at radius 2 is 2.00 bits per heavy atom. The number of carbonyl (C=O) groups is 2. The third-order valence-corrected chi connectivity index (χ3v) is 5.97. The molecule has 1 aromatic rings. The maximum Gasteiger partial charge on any atom is 0.227 e. The number of amides is 2. The summed E-state index contributed by atoms with van der Waals surface area (Å²) in [6, 6.07) is 5.63. The predicted molar refractivity (Wildman–Crippen MR) is 103 cm³/mol. The fraction of sp³-hybridized carbons (Fsp3) is 0.619. The zero-order valence-electron chi connectivity index (χ0n) is 16.6. The minimum absolute atomic E-state index is 0.0519. The number of methoxy groups -OCH3 is 2. The molecule has 0 aliphatic carbocycles. The van der Waals surface area contributed by atoms with Gasteiger partial charge in [-0.05, 0) is 32.3 Å². The Balaban J connectivity index is 1.72. The molecule has 2 fully saturated rings. The highest BCUT2D eigenvalue weighted by molar-refractivity contribution is 5.80. The van der Waals surface area contributed by atoms with E-state index in [-0.39, 0.29) is 17.2 Å². The minimum atomic E-state index is 0.0519. The van der Waals surface area contributed by atoms with Crippen LogP contribution in [-0.2, 0) is 16.0 Å². The summed E-state index contributed by atoms with van der Waals surface area (Å²) in [5, 5.41) is 0.